The smallest absolute Gasteiger partial charge is 0.335 e. The van der Waals surface area contributed by atoms with Crippen molar-refractivity contribution in [2.45, 2.75) is 19.4 Å². The standard InChI is InChI=1S/C20H16N2O3/c23-19-16-12-15(20(24)25)8-9-17(16)21-18-14(7-4-10-22(18)19)11-13-5-2-1-3-6-13/h1-3,5-6,8-9,11-12H,4,7,10H2,(H,24,25). The highest BCUT2D eigenvalue weighted by Gasteiger charge is 2.19. The summed E-state index contributed by atoms with van der Waals surface area (Å²) in [6, 6.07) is 14.5. The largest absolute Gasteiger partial charge is 0.478 e. The molecule has 1 aliphatic rings. The zero-order chi connectivity index (χ0) is 17.4. The van der Waals surface area contributed by atoms with Crippen molar-refractivity contribution >= 4 is 28.5 Å². The molecular weight excluding hydrogens is 316 g/mol. The Labute approximate surface area is 143 Å². The van der Waals surface area contributed by atoms with Crippen LogP contribution in [0.15, 0.2) is 53.3 Å². The maximum Gasteiger partial charge on any atom is 0.335 e. The normalized spacial score (nSPS) is 15.3. The Bertz CT molecular complexity index is 1070. The molecule has 0 radical (unpaired) electrons. The maximum absolute atomic E-state index is 12.8. The van der Waals surface area contributed by atoms with E-state index < -0.39 is 5.97 Å². The van der Waals surface area contributed by atoms with Crippen molar-refractivity contribution in [3.8, 4) is 0 Å². The van der Waals surface area contributed by atoms with E-state index in [0.717, 1.165) is 24.0 Å². The van der Waals surface area contributed by atoms with E-state index in [2.05, 4.69) is 11.1 Å². The molecule has 2 heterocycles. The minimum absolute atomic E-state index is 0.0998. The first-order valence-electron chi connectivity index (χ1n) is 8.17. The molecule has 1 N–H and O–H groups in total. The number of aromatic nitrogens is 2. The van der Waals surface area contributed by atoms with Crippen molar-refractivity contribution in [1.29, 1.82) is 0 Å². The minimum Gasteiger partial charge on any atom is -0.478 e. The van der Waals surface area contributed by atoms with Gasteiger partial charge in [-0.05, 0) is 48.3 Å². The summed E-state index contributed by atoms with van der Waals surface area (Å²) in [5.74, 6) is -0.371. The zero-order valence-corrected chi connectivity index (χ0v) is 13.5. The Morgan fingerprint density at radius 3 is 2.72 bits per heavy atom. The van der Waals surface area contributed by atoms with Crippen molar-refractivity contribution < 1.29 is 9.90 Å². The van der Waals surface area contributed by atoms with Gasteiger partial charge in [0.25, 0.3) is 5.56 Å². The molecule has 5 nitrogen and oxygen atoms in total. The molecule has 3 aromatic rings. The van der Waals surface area contributed by atoms with Crippen molar-refractivity contribution in [2.75, 3.05) is 0 Å². The van der Waals surface area contributed by atoms with E-state index in [0.29, 0.717) is 23.3 Å². The van der Waals surface area contributed by atoms with Crippen LogP contribution in [0.25, 0.3) is 22.6 Å². The highest BCUT2D eigenvalue weighted by molar-refractivity contribution is 5.93. The van der Waals surface area contributed by atoms with Gasteiger partial charge in [0, 0.05) is 6.54 Å². The Balaban J connectivity index is 1.92. The van der Waals surface area contributed by atoms with E-state index in [1.165, 1.54) is 12.1 Å². The van der Waals surface area contributed by atoms with Crippen LogP contribution in [0.2, 0.25) is 0 Å². The number of hydrogen-bond donors (Lipinski definition) is 1. The van der Waals surface area contributed by atoms with Gasteiger partial charge in [-0.15, -0.1) is 0 Å². The van der Waals surface area contributed by atoms with Crippen LogP contribution in [0, 0.1) is 0 Å². The van der Waals surface area contributed by atoms with Gasteiger partial charge >= 0.3 is 5.97 Å². The number of fused-ring (bicyclic) bond motifs is 2. The fraction of sp³-hybridized carbons (Fsp3) is 0.150. The first-order chi connectivity index (χ1) is 12.1. The molecule has 0 fully saturated rings. The number of nitrogens with zero attached hydrogens (tertiary/aromatic N) is 2. The molecule has 1 aliphatic heterocycles. The molecule has 0 bridgehead atoms. The number of benzene rings is 2. The van der Waals surface area contributed by atoms with Crippen LogP contribution in [0.1, 0.15) is 34.6 Å². The number of allylic oxidation sites excluding steroid dienone is 1. The summed E-state index contributed by atoms with van der Waals surface area (Å²) in [6.45, 7) is 0.598. The molecule has 0 aliphatic carbocycles. The number of rotatable bonds is 2. The molecule has 0 saturated heterocycles. The molecule has 5 heteroatoms. The van der Waals surface area contributed by atoms with Gasteiger partial charge in [-0.3, -0.25) is 9.36 Å². The predicted octanol–water partition coefficient (Wildman–Crippen LogP) is 3.43. The second-order valence-corrected chi connectivity index (χ2v) is 6.11. The van der Waals surface area contributed by atoms with Gasteiger partial charge in [0.05, 0.1) is 16.5 Å². The van der Waals surface area contributed by atoms with Gasteiger partial charge in [0.1, 0.15) is 5.82 Å². The molecule has 0 spiro atoms. The lowest BCUT2D eigenvalue weighted by Crippen LogP contribution is -2.28. The van der Waals surface area contributed by atoms with Gasteiger partial charge in [0.2, 0.25) is 0 Å². The quantitative estimate of drug-likeness (QED) is 0.780. The minimum atomic E-state index is -1.05. The van der Waals surface area contributed by atoms with Crippen LogP contribution in [-0.4, -0.2) is 20.6 Å². The van der Waals surface area contributed by atoms with Gasteiger partial charge < -0.3 is 5.11 Å². The van der Waals surface area contributed by atoms with E-state index in [1.54, 1.807) is 10.6 Å². The summed E-state index contributed by atoms with van der Waals surface area (Å²) in [5.41, 5.74) is 2.55. The average Bonchev–Trinajstić information content (AvgIpc) is 2.63. The summed E-state index contributed by atoms with van der Waals surface area (Å²) in [4.78, 5) is 28.7. The molecule has 0 atom stereocenters. The predicted molar refractivity (Wildman–Crippen MR) is 96.5 cm³/mol. The first-order valence-corrected chi connectivity index (χ1v) is 8.17. The van der Waals surface area contributed by atoms with Crippen molar-refractivity contribution in [1.82, 2.24) is 9.55 Å². The third kappa shape index (κ3) is 2.74. The zero-order valence-electron chi connectivity index (χ0n) is 13.5. The summed E-state index contributed by atoms with van der Waals surface area (Å²) in [6.07, 6.45) is 3.78. The van der Waals surface area contributed by atoms with Gasteiger partial charge in [0.15, 0.2) is 0 Å². The summed E-state index contributed by atoms with van der Waals surface area (Å²) < 4.78 is 1.66. The summed E-state index contributed by atoms with van der Waals surface area (Å²) >= 11 is 0. The molecule has 0 amide bonds. The summed E-state index contributed by atoms with van der Waals surface area (Å²) in [7, 11) is 0. The molecule has 0 unspecified atom stereocenters. The van der Waals surface area contributed by atoms with Crippen LogP contribution in [0.4, 0.5) is 0 Å². The van der Waals surface area contributed by atoms with Crippen LogP contribution in [-0.2, 0) is 6.54 Å². The van der Waals surface area contributed by atoms with E-state index in [4.69, 9.17) is 5.11 Å². The van der Waals surface area contributed by atoms with E-state index in [9.17, 15) is 9.59 Å². The van der Waals surface area contributed by atoms with Crippen LogP contribution in [0.5, 0.6) is 0 Å². The third-order valence-electron chi connectivity index (χ3n) is 4.46. The van der Waals surface area contributed by atoms with Crippen LogP contribution < -0.4 is 5.56 Å². The highest BCUT2D eigenvalue weighted by atomic mass is 16.4. The number of carbonyl (C=O) groups is 1. The van der Waals surface area contributed by atoms with Crippen molar-refractivity contribution in [2.24, 2.45) is 0 Å². The molecule has 4 rings (SSSR count). The topological polar surface area (TPSA) is 72.2 Å². The SMILES string of the molecule is O=C(O)c1ccc2nc3n(c(=O)c2c1)CCCC3=Cc1ccccc1. The van der Waals surface area contributed by atoms with Gasteiger partial charge in [-0.1, -0.05) is 30.3 Å². The second kappa shape index (κ2) is 6.02. The van der Waals surface area contributed by atoms with Gasteiger partial charge in [-0.2, -0.15) is 0 Å². The molecular formula is C20H16N2O3. The van der Waals surface area contributed by atoms with Crippen LogP contribution in [0.3, 0.4) is 0 Å². The fourth-order valence-corrected chi connectivity index (χ4v) is 3.23. The number of aromatic carboxylic acids is 1. The summed E-state index contributed by atoms with van der Waals surface area (Å²) in [5, 5.41) is 9.49. The van der Waals surface area contributed by atoms with Crippen molar-refractivity contribution in [3.05, 3.63) is 75.8 Å². The lowest BCUT2D eigenvalue weighted by molar-refractivity contribution is 0.0697. The maximum atomic E-state index is 12.8. The van der Waals surface area contributed by atoms with Crippen LogP contribution >= 0.6 is 0 Å². The first kappa shape index (κ1) is 15.3. The van der Waals surface area contributed by atoms with E-state index in [-0.39, 0.29) is 11.1 Å². The number of carboxylic acid groups (broad SMARTS) is 1. The molecule has 2 aromatic carbocycles. The molecule has 0 saturated carbocycles. The Morgan fingerprint density at radius 2 is 1.96 bits per heavy atom. The fourth-order valence-electron chi connectivity index (χ4n) is 3.23. The Hall–Kier alpha value is -3.21. The van der Waals surface area contributed by atoms with Crippen molar-refractivity contribution in [3.63, 3.8) is 0 Å². The number of carboxylic acids is 1. The van der Waals surface area contributed by atoms with Gasteiger partial charge in [-0.25, -0.2) is 9.78 Å². The third-order valence-corrected chi connectivity index (χ3v) is 4.46. The molecule has 1 aromatic heterocycles. The monoisotopic (exact) mass is 332 g/mol. The average molecular weight is 332 g/mol. The highest BCUT2D eigenvalue weighted by Crippen LogP contribution is 2.27. The Kier molecular flexibility index (Phi) is 3.69. The van der Waals surface area contributed by atoms with E-state index in [1.807, 2.05) is 30.3 Å². The second-order valence-electron chi connectivity index (χ2n) is 6.11. The molecule has 124 valence electrons. The number of hydrogen-bond acceptors (Lipinski definition) is 3. The van der Waals surface area contributed by atoms with E-state index >= 15 is 0 Å². The lowest BCUT2D eigenvalue weighted by Gasteiger charge is -2.21. The lowest BCUT2D eigenvalue weighted by atomic mass is 10.0. The Morgan fingerprint density at radius 1 is 1.16 bits per heavy atom. The molecule has 25 heavy (non-hydrogen) atoms.